The Labute approximate surface area is 116 Å². The molecule has 1 aliphatic rings. The van der Waals surface area contributed by atoms with Crippen molar-refractivity contribution in [1.82, 2.24) is 0 Å². The van der Waals surface area contributed by atoms with Crippen molar-refractivity contribution in [2.75, 3.05) is 11.4 Å². The second kappa shape index (κ2) is 5.92. The van der Waals surface area contributed by atoms with Crippen molar-refractivity contribution in [2.45, 2.75) is 32.0 Å². The highest BCUT2D eigenvalue weighted by Gasteiger charge is 2.33. The molecule has 0 saturated carbocycles. The van der Waals surface area contributed by atoms with Crippen molar-refractivity contribution < 1.29 is 24.5 Å². The molecular weight excluding hydrogens is 262 g/mol. The van der Waals surface area contributed by atoms with E-state index < -0.39 is 18.6 Å². The van der Waals surface area contributed by atoms with Crippen molar-refractivity contribution in [1.29, 1.82) is 0 Å². The van der Waals surface area contributed by atoms with Gasteiger partial charge in [-0.25, -0.2) is 0 Å². The van der Waals surface area contributed by atoms with E-state index in [0.29, 0.717) is 12.1 Å². The summed E-state index contributed by atoms with van der Waals surface area (Å²) in [6.07, 6.45) is 0.787. The predicted octanol–water partition coefficient (Wildman–Crippen LogP) is 1.38. The summed E-state index contributed by atoms with van der Waals surface area (Å²) >= 11 is 0. The number of ether oxygens (including phenoxy) is 1. The van der Waals surface area contributed by atoms with E-state index in [2.05, 4.69) is 0 Å². The Bertz CT molecular complexity index is 499. The van der Waals surface area contributed by atoms with Crippen LogP contribution in [0.1, 0.15) is 19.8 Å². The molecule has 1 aliphatic heterocycles. The highest BCUT2D eigenvalue weighted by Crippen LogP contribution is 2.25. The molecule has 1 aromatic carbocycles. The number of phenolic OH excluding ortho intramolecular Hbond substituents is 1. The minimum atomic E-state index is -1.10. The van der Waals surface area contributed by atoms with Crippen LogP contribution >= 0.6 is 0 Å². The van der Waals surface area contributed by atoms with Gasteiger partial charge in [0.05, 0.1) is 6.10 Å². The highest BCUT2D eigenvalue weighted by molar-refractivity contribution is 6.00. The van der Waals surface area contributed by atoms with Gasteiger partial charge in [0.25, 0.3) is 5.91 Å². The monoisotopic (exact) mass is 279 g/mol. The van der Waals surface area contributed by atoms with Gasteiger partial charge in [0, 0.05) is 5.69 Å². The van der Waals surface area contributed by atoms with Gasteiger partial charge in [-0.2, -0.15) is 0 Å². The summed E-state index contributed by atoms with van der Waals surface area (Å²) < 4.78 is 5.50. The number of carbonyl (C=O) groups excluding carboxylic acids is 1. The molecule has 108 valence electrons. The number of carboxylic acids is 1. The summed E-state index contributed by atoms with van der Waals surface area (Å²) in [5.41, 5.74) is 0.429. The molecular formula is C14H17NO5. The van der Waals surface area contributed by atoms with E-state index in [9.17, 15) is 14.7 Å². The van der Waals surface area contributed by atoms with Crippen molar-refractivity contribution in [3.05, 3.63) is 24.3 Å². The van der Waals surface area contributed by atoms with Gasteiger partial charge in [-0.3, -0.25) is 14.5 Å². The Morgan fingerprint density at radius 1 is 1.30 bits per heavy atom. The Morgan fingerprint density at radius 2 is 1.95 bits per heavy atom. The van der Waals surface area contributed by atoms with E-state index in [-0.39, 0.29) is 17.8 Å². The minimum absolute atomic E-state index is 0.00967. The largest absolute Gasteiger partial charge is 0.508 e. The Morgan fingerprint density at radius 3 is 2.45 bits per heavy atom. The molecule has 0 radical (unpaired) electrons. The summed E-state index contributed by atoms with van der Waals surface area (Å²) in [6.45, 7) is 1.45. The average molecular weight is 279 g/mol. The summed E-state index contributed by atoms with van der Waals surface area (Å²) in [4.78, 5) is 24.5. The van der Waals surface area contributed by atoms with Crippen molar-refractivity contribution in [3.8, 4) is 5.75 Å². The number of anilines is 1. The lowest BCUT2D eigenvalue weighted by Crippen LogP contribution is -2.42. The fourth-order valence-electron chi connectivity index (χ4n) is 2.22. The first kappa shape index (κ1) is 14.3. The van der Waals surface area contributed by atoms with E-state index in [1.807, 2.05) is 6.92 Å². The first-order valence-electron chi connectivity index (χ1n) is 6.45. The fourth-order valence-corrected chi connectivity index (χ4v) is 2.22. The molecule has 1 saturated heterocycles. The van der Waals surface area contributed by atoms with Crippen molar-refractivity contribution >= 4 is 17.6 Å². The smallest absolute Gasteiger partial charge is 0.323 e. The van der Waals surface area contributed by atoms with Crippen LogP contribution in [-0.4, -0.2) is 40.8 Å². The number of phenols is 1. The van der Waals surface area contributed by atoms with Crippen LogP contribution in [0.2, 0.25) is 0 Å². The number of nitrogens with zero attached hydrogens (tertiary/aromatic N) is 1. The van der Waals surface area contributed by atoms with E-state index in [4.69, 9.17) is 9.84 Å². The van der Waals surface area contributed by atoms with Gasteiger partial charge < -0.3 is 14.9 Å². The third-order valence-corrected chi connectivity index (χ3v) is 3.23. The molecule has 2 rings (SSSR count). The van der Waals surface area contributed by atoms with Gasteiger partial charge in [-0.15, -0.1) is 0 Å². The van der Waals surface area contributed by atoms with Crippen LogP contribution in [0.3, 0.4) is 0 Å². The summed E-state index contributed by atoms with van der Waals surface area (Å²) in [5.74, 6) is -1.40. The van der Waals surface area contributed by atoms with Crippen LogP contribution in [0, 0.1) is 0 Å². The number of aromatic hydroxyl groups is 1. The molecule has 20 heavy (non-hydrogen) atoms. The molecule has 2 atom stereocenters. The molecule has 0 aromatic heterocycles. The number of carboxylic acid groups (broad SMARTS) is 1. The molecule has 0 aliphatic carbocycles. The quantitative estimate of drug-likeness (QED) is 0.869. The number of amides is 1. The van der Waals surface area contributed by atoms with Crippen molar-refractivity contribution in [2.24, 2.45) is 0 Å². The maximum Gasteiger partial charge on any atom is 0.323 e. The lowest BCUT2D eigenvalue weighted by Gasteiger charge is -2.24. The second-order valence-corrected chi connectivity index (χ2v) is 4.85. The normalized spacial score (nSPS) is 21.6. The number of aliphatic carboxylic acids is 1. The lowest BCUT2D eigenvalue weighted by atomic mass is 10.1. The van der Waals surface area contributed by atoms with Gasteiger partial charge in [0.15, 0.2) is 0 Å². The molecule has 6 heteroatoms. The number of carbonyl (C=O) groups is 2. The topological polar surface area (TPSA) is 87.1 Å². The molecule has 0 spiro atoms. The Balaban J connectivity index is 2.20. The summed E-state index contributed by atoms with van der Waals surface area (Å²) in [5, 5.41) is 18.2. The standard InChI is InChI=1S/C14H17NO5/c1-9-2-7-12(20-9)14(19)15(8-13(17)18)10-3-5-11(16)6-4-10/h3-6,9,12,16H,2,7-8H2,1H3,(H,17,18). The molecule has 1 aromatic rings. The van der Waals surface area contributed by atoms with Crippen molar-refractivity contribution in [3.63, 3.8) is 0 Å². The lowest BCUT2D eigenvalue weighted by molar-refractivity contribution is -0.138. The molecule has 6 nitrogen and oxygen atoms in total. The number of rotatable bonds is 4. The van der Waals surface area contributed by atoms with Crippen LogP contribution in [0.4, 0.5) is 5.69 Å². The van der Waals surface area contributed by atoms with E-state index in [1.54, 1.807) is 0 Å². The Kier molecular flexibility index (Phi) is 4.24. The molecule has 2 N–H and O–H groups in total. The van der Waals surface area contributed by atoms with Gasteiger partial charge in [0.2, 0.25) is 0 Å². The zero-order valence-corrected chi connectivity index (χ0v) is 11.2. The molecule has 1 heterocycles. The van der Waals surface area contributed by atoms with Gasteiger partial charge in [0.1, 0.15) is 18.4 Å². The molecule has 0 bridgehead atoms. The van der Waals surface area contributed by atoms with Crippen LogP contribution in [0.25, 0.3) is 0 Å². The van der Waals surface area contributed by atoms with Crippen LogP contribution in [-0.2, 0) is 14.3 Å². The molecule has 1 amide bonds. The average Bonchev–Trinajstić information content (AvgIpc) is 2.83. The first-order valence-corrected chi connectivity index (χ1v) is 6.45. The van der Waals surface area contributed by atoms with E-state index in [1.165, 1.54) is 29.2 Å². The summed E-state index contributed by atoms with van der Waals surface area (Å²) in [6, 6.07) is 5.84. The van der Waals surface area contributed by atoms with Gasteiger partial charge >= 0.3 is 5.97 Å². The van der Waals surface area contributed by atoms with Gasteiger partial charge in [-0.1, -0.05) is 0 Å². The van der Waals surface area contributed by atoms with Crippen LogP contribution < -0.4 is 4.90 Å². The third-order valence-electron chi connectivity index (χ3n) is 3.23. The maximum atomic E-state index is 12.4. The highest BCUT2D eigenvalue weighted by atomic mass is 16.5. The SMILES string of the molecule is CC1CCC(C(=O)N(CC(=O)O)c2ccc(O)cc2)O1. The summed E-state index contributed by atoms with van der Waals surface area (Å²) in [7, 11) is 0. The predicted molar refractivity (Wildman–Crippen MR) is 71.7 cm³/mol. The van der Waals surface area contributed by atoms with Gasteiger partial charge in [-0.05, 0) is 44.0 Å². The molecule has 2 unspecified atom stereocenters. The van der Waals surface area contributed by atoms with E-state index in [0.717, 1.165) is 6.42 Å². The number of benzene rings is 1. The minimum Gasteiger partial charge on any atom is -0.508 e. The Hall–Kier alpha value is -2.08. The zero-order chi connectivity index (χ0) is 14.7. The number of hydrogen-bond acceptors (Lipinski definition) is 4. The third kappa shape index (κ3) is 3.27. The zero-order valence-electron chi connectivity index (χ0n) is 11.2. The van der Waals surface area contributed by atoms with E-state index >= 15 is 0 Å². The van der Waals surface area contributed by atoms with Crippen LogP contribution in [0.5, 0.6) is 5.75 Å². The maximum absolute atomic E-state index is 12.4. The molecule has 1 fully saturated rings. The first-order chi connectivity index (χ1) is 9.47. The van der Waals surface area contributed by atoms with Crippen LogP contribution in [0.15, 0.2) is 24.3 Å². The fraction of sp³-hybridized carbons (Fsp3) is 0.429. The second-order valence-electron chi connectivity index (χ2n) is 4.85. The number of hydrogen-bond donors (Lipinski definition) is 2.